The van der Waals surface area contributed by atoms with Gasteiger partial charge in [-0.15, -0.1) is 0 Å². The minimum Gasteiger partial charge on any atom is -0.371 e. The maximum atomic E-state index is 5.47. The molecule has 0 bridgehead atoms. The van der Waals surface area contributed by atoms with Crippen molar-refractivity contribution >= 4 is 0 Å². The van der Waals surface area contributed by atoms with Crippen molar-refractivity contribution in [3.05, 3.63) is 22.8 Å². The van der Waals surface area contributed by atoms with Crippen LogP contribution in [0.15, 0.2) is 0 Å². The number of aryl methyl sites for hydroxylation is 1. The van der Waals surface area contributed by atoms with Crippen LogP contribution >= 0.6 is 0 Å². The average molecular weight is 235 g/mol. The molecule has 0 fully saturated rings. The van der Waals surface area contributed by atoms with Crippen LogP contribution in [0.5, 0.6) is 0 Å². The lowest BCUT2D eigenvalue weighted by Crippen LogP contribution is -2.24. The lowest BCUT2D eigenvalue weighted by Gasteiger charge is -2.22. The molecule has 2 rings (SSSR count). The van der Waals surface area contributed by atoms with Crippen molar-refractivity contribution in [3.8, 4) is 0 Å². The number of aromatic nitrogens is 2. The van der Waals surface area contributed by atoms with Crippen LogP contribution in [-0.4, -0.2) is 17.1 Å². The van der Waals surface area contributed by atoms with E-state index in [9.17, 15) is 0 Å². The molecule has 0 saturated carbocycles. The highest BCUT2D eigenvalue weighted by Gasteiger charge is 2.27. The van der Waals surface area contributed by atoms with Crippen LogP contribution in [0.25, 0.3) is 0 Å². The molecular weight excluding hydrogens is 214 g/mol. The van der Waals surface area contributed by atoms with Gasteiger partial charge in [-0.1, -0.05) is 13.3 Å². The Hall–Kier alpha value is -1.00. The van der Waals surface area contributed by atoms with Gasteiger partial charge in [0.2, 0.25) is 0 Å². The zero-order valence-corrected chi connectivity index (χ0v) is 11.1. The topological polar surface area (TPSA) is 47.0 Å². The van der Waals surface area contributed by atoms with Crippen LogP contribution in [0, 0.1) is 0 Å². The van der Waals surface area contributed by atoms with E-state index in [0.717, 1.165) is 37.4 Å². The van der Waals surface area contributed by atoms with Crippen molar-refractivity contribution < 1.29 is 4.74 Å². The third kappa shape index (κ3) is 2.33. The van der Waals surface area contributed by atoms with E-state index in [1.807, 2.05) is 13.8 Å². The van der Waals surface area contributed by atoms with E-state index in [0.29, 0.717) is 0 Å². The quantitative estimate of drug-likeness (QED) is 0.866. The van der Waals surface area contributed by atoms with Crippen LogP contribution in [0.2, 0.25) is 0 Å². The summed E-state index contributed by atoms with van der Waals surface area (Å²) >= 11 is 0. The highest BCUT2D eigenvalue weighted by molar-refractivity contribution is 5.30. The minimum atomic E-state index is -0.417. The number of fused-ring (bicyclic) bond motifs is 1. The molecule has 1 aliphatic rings. The Balaban J connectivity index is 2.46. The van der Waals surface area contributed by atoms with Crippen LogP contribution in [0.4, 0.5) is 0 Å². The Kier molecular flexibility index (Phi) is 3.45. The molecule has 1 aromatic heterocycles. The molecule has 0 saturated heterocycles. The van der Waals surface area contributed by atoms with Gasteiger partial charge >= 0.3 is 0 Å². The molecule has 4 heteroatoms. The lowest BCUT2D eigenvalue weighted by atomic mass is 10.1. The van der Waals surface area contributed by atoms with Gasteiger partial charge in [-0.2, -0.15) is 0 Å². The molecule has 0 amide bonds. The maximum Gasteiger partial charge on any atom is 0.160 e. The van der Waals surface area contributed by atoms with Crippen LogP contribution in [-0.2, 0) is 29.8 Å². The Morgan fingerprint density at radius 1 is 1.29 bits per heavy atom. The molecule has 1 N–H and O–H groups in total. The lowest BCUT2D eigenvalue weighted by molar-refractivity contribution is 0.0111. The number of nitrogens with one attached hydrogen (secondary N) is 1. The molecule has 17 heavy (non-hydrogen) atoms. The largest absolute Gasteiger partial charge is 0.371 e. The van der Waals surface area contributed by atoms with E-state index >= 15 is 0 Å². The summed E-state index contributed by atoms with van der Waals surface area (Å²) in [7, 11) is 1.70. The van der Waals surface area contributed by atoms with Crippen molar-refractivity contribution in [3.63, 3.8) is 0 Å². The second-order valence-corrected chi connectivity index (χ2v) is 4.99. The molecule has 0 radical (unpaired) electrons. The van der Waals surface area contributed by atoms with Gasteiger partial charge in [0.15, 0.2) is 5.82 Å². The summed E-state index contributed by atoms with van der Waals surface area (Å²) in [6, 6.07) is 0. The summed E-state index contributed by atoms with van der Waals surface area (Å²) in [5.74, 6) is 0.797. The fourth-order valence-corrected chi connectivity index (χ4v) is 2.04. The summed E-state index contributed by atoms with van der Waals surface area (Å²) in [5.41, 5.74) is 3.20. The average Bonchev–Trinajstić information content (AvgIpc) is 2.77. The van der Waals surface area contributed by atoms with Crippen molar-refractivity contribution in [2.24, 2.45) is 0 Å². The molecule has 1 aliphatic heterocycles. The molecule has 0 aromatic carbocycles. The van der Waals surface area contributed by atoms with Crippen LogP contribution < -0.4 is 5.32 Å². The number of hydrogen-bond acceptors (Lipinski definition) is 4. The van der Waals surface area contributed by atoms with Gasteiger partial charge in [-0.05, 0) is 20.3 Å². The molecule has 94 valence electrons. The molecule has 0 atom stereocenters. The normalized spacial score (nSPS) is 15.1. The van der Waals surface area contributed by atoms with E-state index < -0.39 is 5.60 Å². The first-order valence-electron chi connectivity index (χ1n) is 6.23. The molecule has 0 spiro atoms. The summed E-state index contributed by atoms with van der Waals surface area (Å²) in [6.45, 7) is 7.94. The third-order valence-electron chi connectivity index (χ3n) is 3.31. The standard InChI is InChI=1S/C13H21N3O/c1-5-6-10-9-7-14-8-11(9)16-12(15-10)13(2,3)17-4/h14H,5-8H2,1-4H3. The molecule has 0 aliphatic carbocycles. The van der Waals surface area contributed by atoms with E-state index in [4.69, 9.17) is 9.72 Å². The Bertz CT molecular complexity index is 415. The highest BCUT2D eigenvalue weighted by Crippen LogP contribution is 2.25. The Labute approximate surface area is 103 Å². The second kappa shape index (κ2) is 4.70. The zero-order chi connectivity index (χ0) is 12.5. The summed E-state index contributed by atoms with van der Waals surface area (Å²) < 4.78 is 5.47. The molecular formula is C13H21N3O. The van der Waals surface area contributed by atoms with Gasteiger partial charge in [0.25, 0.3) is 0 Å². The summed E-state index contributed by atoms with van der Waals surface area (Å²) in [4.78, 5) is 9.34. The Morgan fingerprint density at radius 3 is 2.71 bits per heavy atom. The fourth-order valence-electron chi connectivity index (χ4n) is 2.04. The number of nitrogens with zero attached hydrogens (tertiary/aromatic N) is 2. The smallest absolute Gasteiger partial charge is 0.160 e. The molecule has 1 aromatic rings. The van der Waals surface area contributed by atoms with Gasteiger partial charge < -0.3 is 10.1 Å². The molecule has 2 heterocycles. The zero-order valence-electron chi connectivity index (χ0n) is 11.1. The van der Waals surface area contributed by atoms with E-state index in [-0.39, 0.29) is 0 Å². The second-order valence-electron chi connectivity index (χ2n) is 4.99. The SMILES string of the molecule is CCCc1nc(C(C)(C)OC)nc2c1CNC2. The first kappa shape index (κ1) is 12.5. The van der Waals surface area contributed by atoms with Gasteiger partial charge in [0.1, 0.15) is 5.60 Å². The third-order valence-corrected chi connectivity index (χ3v) is 3.31. The number of ether oxygens (including phenoxy) is 1. The molecule has 0 unspecified atom stereocenters. The van der Waals surface area contributed by atoms with E-state index in [2.05, 4.69) is 17.2 Å². The van der Waals surface area contributed by atoms with Crippen molar-refractivity contribution in [1.29, 1.82) is 0 Å². The van der Waals surface area contributed by atoms with Gasteiger partial charge in [0, 0.05) is 31.5 Å². The summed E-state index contributed by atoms with van der Waals surface area (Å²) in [6.07, 6.45) is 2.12. The number of hydrogen-bond donors (Lipinski definition) is 1. The number of methoxy groups -OCH3 is 1. The summed E-state index contributed by atoms with van der Waals surface area (Å²) in [5, 5.41) is 3.34. The predicted molar refractivity (Wildman–Crippen MR) is 66.6 cm³/mol. The van der Waals surface area contributed by atoms with E-state index in [1.165, 1.54) is 11.3 Å². The predicted octanol–water partition coefficient (Wildman–Crippen LogP) is 1.91. The maximum absolute atomic E-state index is 5.47. The first-order chi connectivity index (χ1) is 8.08. The minimum absolute atomic E-state index is 0.417. The monoisotopic (exact) mass is 235 g/mol. The van der Waals surface area contributed by atoms with Gasteiger partial charge in [-0.25, -0.2) is 9.97 Å². The van der Waals surface area contributed by atoms with Crippen molar-refractivity contribution in [1.82, 2.24) is 15.3 Å². The van der Waals surface area contributed by atoms with Gasteiger partial charge in [-0.3, -0.25) is 0 Å². The highest BCUT2D eigenvalue weighted by atomic mass is 16.5. The van der Waals surface area contributed by atoms with Crippen molar-refractivity contribution in [2.45, 2.75) is 52.3 Å². The first-order valence-corrected chi connectivity index (χ1v) is 6.23. The van der Waals surface area contributed by atoms with Crippen LogP contribution in [0.1, 0.15) is 50.0 Å². The van der Waals surface area contributed by atoms with E-state index in [1.54, 1.807) is 7.11 Å². The fraction of sp³-hybridized carbons (Fsp3) is 0.692. The van der Waals surface area contributed by atoms with Gasteiger partial charge in [0.05, 0.1) is 5.69 Å². The molecule has 4 nitrogen and oxygen atoms in total. The number of rotatable bonds is 4. The van der Waals surface area contributed by atoms with Crippen molar-refractivity contribution in [2.75, 3.05) is 7.11 Å². The van der Waals surface area contributed by atoms with Crippen LogP contribution in [0.3, 0.4) is 0 Å². The Morgan fingerprint density at radius 2 is 2.06 bits per heavy atom.